The Hall–Kier alpha value is -1.08. The maximum Gasteiger partial charge on any atom is 0.0175 e. The highest BCUT2D eigenvalue weighted by Crippen LogP contribution is 2.38. The Labute approximate surface area is 150 Å². The SMILES string of the molecule is CC(C)CC(CC(c1ccc(Br)cc1)C(C)C)c1ccccc1. The standard InChI is InChI=1S/C22H29Br/c1-16(2)14-20(18-8-6-5-7-9-18)15-22(17(3)4)19-10-12-21(23)13-11-19/h5-13,16-17,20,22H,14-15H2,1-4H3. The molecule has 0 aliphatic heterocycles. The minimum absolute atomic E-state index is 0.604. The molecule has 2 aromatic rings. The number of rotatable bonds is 7. The van der Waals surface area contributed by atoms with Crippen LogP contribution in [-0.2, 0) is 0 Å². The molecule has 0 N–H and O–H groups in total. The van der Waals surface area contributed by atoms with E-state index in [0.717, 1.165) is 10.4 Å². The molecule has 124 valence electrons. The first kappa shape index (κ1) is 18.3. The molecule has 2 rings (SSSR count). The van der Waals surface area contributed by atoms with E-state index >= 15 is 0 Å². The van der Waals surface area contributed by atoms with Gasteiger partial charge >= 0.3 is 0 Å². The van der Waals surface area contributed by atoms with Gasteiger partial charge in [0.15, 0.2) is 0 Å². The van der Waals surface area contributed by atoms with E-state index in [1.54, 1.807) is 0 Å². The normalized spacial score (nSPS) is 14.2. The lowest BCUT2D eigenvalue weighted by molar-refractivity contribution is 0.388. The van der Waals surface area contributed by atoms with Crippen LogP contribution in [0.2, 0.25) is 0 Å². The fourth-order valence-corrected chi connectivity index (χ4v) is 3.74. The molecule has 0 aliphatic rings. The Kier molecular flexibility index (Phi) is 6.89. The zero-order chi connectivity index (χ0) is 16.8. The summed E-state index contributed by atoms with van der Waals surface area (Å²) in [5.41, 5.74) is 2.96. The molecule has 0 saturated carbocycles. The fourth-order valence-electron chi connectivity index (χ4n) is 3.47. The highest BCUT2D eigenvalue weighted by atomic mass is 79.9. The molecule has 2 aromatic carbocycles. The maximum absolute atomic E-state index is 3.55. The Balaban J connectivity index is 2.25. The van der Waals surface area contributed by atoms with Crippen LogP contribution in [0.15, 0.2) is 59.1 Å². The van der Waals surface area contributed by atoms with Crippen molar-refractivity contribution in [3.05, 3.63) is 70.2 Å². The minimum atomic E-state index is 0.604. The van der Waals surface area contributed by atoms with Crippen molar-refractivity contribution in [2.24, 2.45) is 11.8 Å². The average Bonchev–Trinajstić information content (AvgIpc) is 2.52. The van der Waals surface area contributed by atoms with Crippen LogP contribution in [0.1, 0.15) is 63.5 Å². The summed E-state index contributed by atoms with van der Waals surface area (Å²) in [6.07, 6.45) is 2.48. The van der Waals surface area contributed by atoms with E-state index in [9.17, 15) is 0 Å². The van der Waals surface area contributed by atoms with E-state index in [1.165, 1.54) is 24.0 Å². The summed E-state index contributed by atoms with van der Waals surface area (Å²) < 4.78 is 1.16. The van der Waals surface area contributed by atoms with Gasteiger partial charge in [-0.1, -0.05) is 86.1 Å². The van der Waals surface area contributed by atoms with Crippen molar-refractivity contribution < 1.29 is 0 Å². The van der Waals surface area contributed by atoms with Gasteiger partial charge in [0, 0.05) is 4.47 Å². The highest BCUT2D eigenvalue weighted by molar-refractivity contribution is 9.10. The predicted molar refractivity (Wildman–Crippen MR) is 105 cm³/mol. The molecule has 0 aliphatic carbocycles. The van der Waals surface area contributed by atoms with E-state index in [4.69, 9.17) is 0 Å². The van der Waals surface area contributed by atoms with Crippen molar-refractivity contribution in [2.75, 3.05) is 0 Å². The number of hydrogen-bond donors (Lipinski definition) is 0. The molecule has 2 atom stereocenters. The van der Waals surface area contributed by atoms with E-state index in [0.29, 0.717) is 17.8 Å². The van der Waals surface area contributed by atoms with Gasteiger partial charge in [0.25, 0.3) is 0 Å². The highest BCUT2D eigenvalue weighted by Gasteiger charge is 2.23. The summed E-state index contributed by atoms with van der Waals surface area (Å²) in [7, 11) is 0. The first-order valence-corrected chi connectivity index (χ1v) is 9.57. The van der Waals surface area contributed by atoms with Gasteiger partial charge < -0.3 is 0 Å². The van der Waals surface area contributed by atoms with E-state index in [2.05, 4.69) is 98.2 Å². The van der Waals surface area contributed by atoms with Crippen molar-refractivity contribution in [3.63, 3.8) is 0 Å². The number of hydrogen-bond acceptors (Lipinski definition) is 0. The van der Waals surface area contributed by atoms with E-state index in [-0.39, 0.29) is 0 Å². The molecule has 0 fully saturated rings. The maximum atomic E-state index is 3.55. The second kappa shape index (κ2) is 8.68. The average molecular weight is 373 g/mol. The van der Waals surface area contributed by atoms with Gasteiger partial charge in [0.05, 0.1) is 0 Å². The summed E-state index contributed by atoms with van der Waals surface area (Å²) in [5.74, 6) is 2.60. The molecule has 23 heavy (non-hydrogen) atoms. The molecule has 0 radical (unpaired) electrons. The zero-order valence-corrected chi connectivity index (χ0v) is 16.4. The van der Waals surface area contributed by atoms with Crippen molar-refractivity contribution >= 4 is 15.9 Å². The first-order valence-electron chi connectivity index (χ1n) is 8.77. The fraction of sp³-hybridized carbons (Fsp3) is 0.455. The smallest absolute Gasteiger partial charge is 0.0175 e. The Morgan fingerprint density at radius 1 is 0.739 bits per heavy atom. The lowest BCUT2D eigenvalue weighted by Crippen LogP contribution is -2.13. The van der Waals surface area contributed by atoms with E-state index in [1.807, 2.05) is 0 Å². The zero-order valence-electron chi connectivity index (χ0n) is 14.8. The third kappa shape index (κ3) is 5.49. The van der Waals surface area contributed by atoms with Gasteiger partial charge in [-0.25, -0.2) is 0 Å². The molecule has 1 heteroatoms. The van der Waals surface area contributed by atoms with Crippen LogP contribution in [0, 0.1) is 11.8 Å². The summed E-state index contributed by atoms with van der Waals surface area (Å²) in [5, 5.41) is 0. The van der Waals surface area contributed by atoms with Crippen molar-refractivity contribution in [3.8, 4) is 0 Å². The molecular weight excluding hydrogens is 344 g/mol. The van der Waals surface area contributed by atoms with Gasteiger partial charge in [-0.3, -0.25) is 0 Å². The number of halogens is 1. The van der Waals surface area contributed by atoms with Crippen LogP contribution in [0.5, 0.6) is 0 Å². The molecule has 0 heterocycles. The summed E-state index contributed by atoms with van der Waals surface area (Å²) >= 11 is 3.55. The molecule has 0 nitrogen and oxygen atoms in total. The molecule has 0 spiro atoms. The van der Waals surface area contributed by atoms with Gasteiger partial charge in [-0.2, -0.15) is 0 Å². The third-order valence-corrected chi connectivity index (χ3v) is 5.20. The molecule has 0 amide bonds. The van der Waals surface area contributed by atoms with Crippen molar-refractivity contribution in [1.82, 2.24) is 0 Å². The minimum Gasteiger partial charge on any atom is -0.0628 e. The van der Waals surface area contributed by atoms with Gasteiger partial charge in [0.2, 0.25) is 0 Å². The van der Waals surface area contributed by atoms with Crippen LogP contribution in [-0.4, -0.2) is 0 Å². The predicted octanol–water partition coefficient (Wildman–Crippen LogP) is 7.41. The molecular formula is C22H29Br. The molecule has 0 bridgehead atoms. The van der Waals surface area contributed by atoms with Crippen LogP contribution in [0.3, 0.4) is 0 Å². The lowest BCUT2D eigenvalue weighted by atomic mass is 9.77. The van der Waals surface area contributed by atoms with Gasteiger partial charge in [0.1, 0.15) is 0 Å². The summed E-state index contributed by atoms with van der Waals surface area (Å²) in [4.78, 5) is 0. The van der Waals surface area contributed by atoms with Crippen LogP contribution < -0.4 is 0 Å². The summed E-state index contributed by atoms with van der Waals surface area (Å²) in [6, 6.07) is 20.0. The molecule has 2 unspecified atom stereocenters. The monoisotopic (exact) mass is 372 g/mol. The third-order valence-electron chi connectivity index (χ3n) is 4.67. The second-order valence-electron chi connectivity index (χ2n) is 7.37. The van der Waals surface area contributed by atoms with Crippen molar-refractivity contribution in [1.29, 1.82) is 0 Å². The van der Waals surface area contributed by atoms with Crippen molar-refractivity contribution in [2.45, 2.75) is 52.4 Å². The molecule has 0 aromatic heterocycles. The van der Waals surface area contributed by atoms with Gasteiger partial charge in [-0.15, -0.1) is 0 Å². The van der Waals surface area contributed by atoms with Crippen LogP contribution in [0.25, 0.3) is 0 Å². The van der Waals surface area contributed by atoms with E-state index < -0.39 is 0 Å². The van der Waals surface area contributed by atoms with Crippen LogP contribution >= 0.6 is 15.9 Å². The second-order valence-corrected chi connectivity index (χ2v) is 8.29. The Morgan fingerprint density at radius 3 is 1.87 bits per heavy atom. The van der Waals surface area contributed by atoms with Gasteiger partial charge in [-0.05, 0) is 59.8 Å². The lowest BCUT2D eigenvalue weighted by Gasteiger charge is -2.28. The van der Waals surface area contributed by atoms with Crippen LogP contribution in [0.4, 0.5) is 0 Å². The Morgan fingerprint density at radius 2 is 1.35 bits per heavy atom. The number of benzene rings is 2. The molecule has 0 saturated heterocycles. The topological polar surface area (TPSA) is 0 Å². The largest absolute Gasteiger partial charge is 0.0628 e. The Bertz CT molecular complexity index is 569. The summed E-state index contributed by atoms with van der Waals surface area (Å²) in [6.45, 7) is 9.37. The quantitative estimate of drug-likeness (QED) is 0.474. The first-order chi connectivity index (χ1) is 11.0.